The lowest BCUT2D eigenvalue weighted by molar-refractivity contribution is -0.114. The van der Waals surface area contributed by atoms with Crippen molar-refractivity contribution in [2.75, 3.05) is 5.32 Å². The van der Waals surface area contributed by atoms with Crippen molar-refractivity contribution in [3.05, 3.63) is 59.4 Å². The number of hydrogen-bond acceptors (Lipinski definition) is 3. The largest absolute Gasteiger partial charge is 0.507 e. The predicted octanol–water partition coefficient (Wildman–Crippen LogP) is 7.48. The molecule has 0 radical (unpaired) electrons. The molecule has 3 rings (SSSR count). The van der Waals surface area contributed by atoms with E-state index in [1.165, 1.54) is 13.0 Å². The molecule has 2 aromatic rings. The van der Waals surface area contributed by atoms with Crippen LogP contribution in [0.1, 0.15) is 65.9 Å². The summed E-state index contributed by atoms with van der Waals surface area (Å²) < 4.78 is 21.0. The van der Waals surface area contributed by atoms with E-state index in [0.29, 0.717) is 11.1 Å². The number of ether oxygens (including phenoxy) is 1. The van der Waals surface area contributed by atoms with Crippen molar-refractivity contribution in [1.82, 2.24) is 0 Å². The summed E-state index contributed by atoms with van der Waals surface area (Å²) in [6.45, 7) is 9.75. The number of benzene rings is 2. The van der Waals surface area contributed by atoms with Gasteiger partial charge in [-0.15, -0.1) is 0 Å². The van der Waals surface area contributed by atoms with Crippen LogP contribution in [-0.4, -0.2) is 17.1 Å². The van der Waals surface area contributed by atoms with Crippen molar-refractivity contribution >= 4 is 17.2 Å². The first kappa shape index (κ1) is 24.6. The van der Waals surface area contributed by atoms with Gasteiger partial charge in [-0.2, -0.15) is 0 Å². The molecule has 1 atom stereocenters. The maximum Gasteiger partial charge on any atom is 0.221 e. The summed E-state index contributed by atoms with van der Waals surface area (Å²) in [5.41, 5.74) is 3.98. The number of carbonyl (C=O) groups excluding carboxylic acids is 1. The van der Waals surface area contributed by atoms with Gasteiger partial charge in [-0.05, 0) is 61.8 Å². The van der Waals surface area contributed by atoms with E-state index in [9.17, 15) is 9.90 Å². The van der Waals surface area contributed by atoms with Crippen molar-refractivity contribution in [1.29, 1.82) is 0 Å². The topological polar surface area (TPSA) is 58.6 Å². The van der Waals surface area contributed by atoms with Gasteiger partial charge in [0, 0.05) is 18.1 Å². The molecule has 1 aliphatic rings. The summed E-state index contributed by atoms with van der Waals surface area (Å²) in [5, 5.41) is 13.8. The lowest BCUT2D eigenvalue weighted by Crippen LogP contribution is -2.10. The Hall–Kier alpha value is -3.08. The van der Waals surface area contributed by atoms with Crippen molar-refractivity contribution in [3.63, 3.8) is 0 Å². The molecule has 176 valence electrons. The van der Waals surface area contributed by atoms with E-state index in [1.54, 1.807) is 12.1 Å². The number of phenols is 1. The minimum absolute atomic E-state index is 0.0281. The van der Waals surface area contributed by atoms with Gasteiger partial charge in [0.05, 0.1) is 6.10 Å². The fourth-order valence-corrected chi connectivity index (χ4v) is 3.83. The van der Waals surface area contributed by atoms with Gasteiger partial charge in [0.1, 0.15) is 17.2 Å². The zero-order chi connectivity index (χ0) is 24.1. The SMILES string of the molecule is CC/C=C(C)\C=C(\c1cccc(-c2cc(F)c(NC(C)=O)c(OC3CC3)c2)c1O)C(C)CC. The Labute approximate surface area is 196 Å². The number of aromatic hydroxyl groups is 1. The number of hydrogen-bond donors (Lipinski definition) is 2. The van der Waals surface area contributed by atoms with Crippen LogP contribution in [0, 0.1) is 11.7 Å². The summed E-state index contributed by atoms with van der Waals surface area (Å²) >= 11 is 0. The Morgan fingerprint density at radius 1 is 1.27 bits per heavy atom. The molecule has 0 heterocycles. The molecule has 0 bridgehead atoms. The molecule has 0 saturated heterocycles. The van der Waals surface area contributed by atoms with E-state index in [1.807, 2.05) is 12.1 Å². The number of allylic oxidation sites excluding steroid dienone is 4. The number of halogens is 1. The second-order valence-electron chi connectivity index (χ2n) is 8.80. The first-order valence-electron chi connectivity index (χ1n) is 11.7. The highest BCUT2D eigenvalue weighted by molar-refractivity contribution is 5.92. The van der Waals surface area contributed by atoms with Crippen LogP contribution in [0.15, 0.2) is 48.1 Å². The summed E-state index contributed by atoms with van der Waals surface area (Å²) in [7, 11) is 0. The molecule has 2 N–H and O–H groups in total. The molecule has 5 heteroatoms. The Balaban J connectivity index is 2.12. The van der Waals surface area contributed by atoms with Crippen LogP contribution < -0.4 is 10.1 Å². The second kappa shape index (κ2) is 10.7. The molecule has 0 aliphatic heterocycles. The predicted molar refractivity (Wildman–Crippen MR) is 133 cm³/mol. The number of rotatable bonds is 9. The van der Waals surface area contributed by atoms with Crippen LogP contribution in [-0.2, 0) is 4.79 Å². The smallest absolute Gasteiger partial charge is 0.221 e. The maximum absolute atomic E-state index is 15.1. The first-order valence-corrected chi connectivity index (χ1v) is 11.7. The van der Waals surface area contributed by atoms with Gasteiger partial charge in [-0.3, -0.25) is 4.79 Å². The average molecular weight is 452 g/mol. The van der Waals surface area contributed by atoms with Crippen molar-refractivity contribution in [2.24, 2.45) is 5.92 Å². The van der Waals surface area contributed by atoms with Crippen LogP contribution in [0.5, 0.6) is 11.5 Å². The van der Waals surface area contributed by atoms with Gasteiger partial charge >= 0.3 is 0 Å². The van der Waals surface area contributed by atoms with Crippen molar-refractivity contribution in [2.45, 2.75) is 66.4 Å². The minimum atomic E-state index is -0.595. The molecular weight excluding hydrogens is 417 g/mol. The number of carbonyl (C=O) groups is 1. The summed E-state index contributed by atoms with van der Waals surface area (Å²) in [6, 6.07) is 8.58. The number of anilines is 1. The van der Waals surface area contributed by atoms with E-state index in [-0.39, 0.29) is 35.1 Å². The number of nitrogens with one attached hydrogen (secondary N) is 1. The Kier molecular flexibility index (Phi) is 7.96. The van der Waals surface area contributed by atoms with Crippen LogP contribution in [0.25, 0.3) is 16.7 Å². The van der Waals surface area contributed by atoms with Crippen molar-refractivity contribution in [3.8, 4) is 22.6 Å². The van der Waals surface area contributed by atoms with Gasteiger partial charge in [-0.25, -0.2) is 4.39 Å². The molecule has 1 unspecified atom stereocenters. The quantitative estimate of drug-likeness (QED) is 0.388. The van der Waals surface area contributed by atoms with E-state index >= 15 is 4.39 Å². The highest BCUT2D eigenvalue weighted by atomic mass is 19.1. The van der Waals surface area contributed by atoms with Gasteiger partial charge in [0.2, 0.25) is 5.91 Å². The van der Waals surface area contributed by atoms with E-state index < -0.39 is 5.82 Å². The van der Waals surface area contributed by atoms with E-state index in [2.05, 4.69) is 45.2 Å². The lowest BCUT2D eigenvalue weighted by Gasteiger charge is -2.19. The number of amides is 1. The Morgan fingerprint density at radius 3 is 2.61 bits per heavy atom. The molecular formula is C28H34FNO3. The highest BCUT2D eigenvalue weighted by Crippen LogP contribution is 2.43. The maximum atomic E-state index is 15.1. The molecule has 2 aromatic carbocycles. The van der Waals surface area contributed by atoms with Gasteiger partial charge < -0.3 is 15.2 Å². The van der Waals surface area contributed by atoms with Crippen LogP contribution in [0.2, 0.25) is 0 Å². The molecule has 0 aromatic heterocycles. The summed E-state index contributed by atoms with van der Waals surface area (Å²) in [4.78, 5) is 11.6. The molecule has 4 nitrogen and oxygen atoms in total. The van der Waals surface area contributed by atoms with Gasteiger partial charge in [-0.1, -0.05) is 56.7 Å². The molecule has 1 fully saturated rings. The van der Waals surface area contributed by atoms with E-state index in [0.717, 1.165) is 42.4 Å². The molecule has 33 heavy (non-hydrogen) atoms. The third-order valence-electron chi connectivity index (χ3n) is 5.88. The van der Waals surface area contributed by atoms with Gasteiger partial charge in [0.25, 0.3) is 0 Å². The van der Waals surface area contributed by atoms with Gasteiger partial charge in [0.15, 0.2) is 5.82 Å². The summed E-state index contributed by atoms with van der Waals surface area (Å²) in [6.07, 6.45) is 7.97. The average Bonchev–Trinajstić information content (AvgIpc) is 3.58. The standard InChI is InChI=1S/C28H34FNO3/c1-6-9-17(3)14-24(18(4)7-2)23-11-8-10-22(28(23)32)20-15-25(29)27(30-19(5)31)26(16-20)33-21-12-13-21/h8-11,14-16,18,21,32H,6-7,12-13H2,1-5H3,(H,30,31)/b17-9-,24-14+. The molecule has 1 aliphatic carbocycles. The summed E-state index contributed by atoms with van der Waals surface area (Å²) in [5.74, 6) is -0.336. The molecule has 0 spiro atoms. The zero-order valence-corrected chi connectivity index (χ0v) is 20.2. The fourth-order valence-electron chi connectivity index (χ4n) is 3.83. The van der Waals surface area contributed by atoms with Crippen LogP contribution in [0.4, 0.5) is 10.1 Å². The van der Waals surface area contributed by atoms with Crippen LogP contribution >= 0.6 is 0 Å². The first-order chi connectivity index (χ1) is 15.7. The minimum Gasteiger partial charge on any atom is -0.507 e. The highest BCUT2D eigenvalue weighted by Gasteiger charge is 2.27. The van der Waals surface area contributed by atoms with E-state index in [4.69, 9.17) is 4.74 Å². The Morgan fingerprint density at radius 2 is 2.00 bits per heavy atom. The lowest BCUT2D eigenvalue weighted by atomic mass is 9.87. The second-order valence-corrected chi connectivity index (χ2v) is 8.80. The third-order valence-corrected chi connectivity index (χ3v) is 5.88. The fraction of sp³-hybridized carbons (Fsp3) is 0.393. The normalized spacial score (nSPS) is 15.3. The third kappa shape index (κ3) is 6.04. The Bertz CT molecular complexity index is 1080. The van der Waals surface area contributed by atoms with Crippen molar-refractivity contribution < 1.29 is 19.0 Å². The molecule has 1 saturated carbocycles. The molecule has 1 amide bonds. The van der Waals surface area contributed by atoms with Crippen LogP contribution in [0.3, 0.4) is 0 Å². The monoisotopic (exact) mass is 451 g/mol. The number of phenolic OH excluding ortho intramolecular Hbond substituents is 1. The zero-order valence-electron chi connectivity index (χ0n) is 20.2. The number of para-hydroxylation sites is 1.